The molecule has 0 atom stereocenters. The third-order valence-corrected chi connectivity index (χ3v) is 5.99. The summed E-state index contributed by atoms with van der Waals surface area (Å²) >= 11 is 0. The van der Waals surface area contributed by atoms with Gasteiger partial charge in [0.15, 0.2) is 0 Å². The first kappa shape index (κ1) is 25.1. The molecule has 0 bridgehead atoms. The Morgan fingerprint density at radius 2 is 1.67 bits per heavy atom. The maximum Gasteiger partial charge on any atom is 0.416 e. The van der Waals surface area contributed by atoms with E-state index in [0.29, 0.717) is 31.9 Å². The molecule has 3 rings (SSSR count). The predicted octanol–water partition coefficient (Wildman–Crippen LogP) is 3.93. The maximum absolute atomic E-state index is 12.9. The second-order valence-electron chi connectivity index (χ2n) is 8.29. The average molecular weight is 482 g/mol. The molecule has 2 aliphatic heterocycles. The summed E-state index contributed by atoms with van der Waals surface area (Å²) in [5.74, 6) is -0.547. The van der Waals surface area contributed by atoms with Crippen molar-refractivity contribution in [1.82, 2.24) is 9.80 Å². The van der Waals surface area contributed by atoms with Crippen molar-refractivity contribution in [1.29, 1.82) is 0 Å². The molecule has 0 spiro atoms. The van der Waals surface area contributed by atoms with Gasteiger partial charge in [-0.3, -0.25) is 19.8 Å². The fourth-order valence-electron chi connectivity index (χ4n) is 4.34. The Morgan fingerprint density at radius 3 is 2.24 bits per heavy atom. The van der Waals surface area contributed by atoms with E-state index in [9.17, 15) is 41.3 Å². The van der Waals surface area contributed by atoms with Gasteiger partial charge in [0, 0.05) is 51.3 Å². The van der Waals surface area contributed by atoms with Crippen LogP contribution in [0.25, 0.3) is 0 Å². The van der Waals surface area contributed by atoms with Crippen LogP contribution in [0.1, 0.15) is 24.8 Å². The normalized spacial score (nSPS) is 19.5. The summed E-state index contributed by atoms with van der Waals surface area (Å²) in [6.07, 6.45) is -7.88. The van der Waals surface area contributed by atoms with Crippen LogP contribution in [-0.4, -0.2) is 72.6 Å². The summed E-state index contributed by atoms with van der Waals surface area (Å²) in [6, 6.07) is 2.38. The van der Waals surface area contributed by atoms with E-state index in [1.54, 1.807) is 9.80 Å². The molecule has 7 nitrogen and oxygen atoms in total. The minimum Gasteiger partial charge on any atom is -0.366 e. The molecule has 2 heterocycles. The van der Waals surface area contributed by atoms with Crippen LogP contribution >= 0.6 is 0 Å². The second kappa shape index (κ2) is 9.74. The van der Waals surface area contributed by atoms with Crippen molar-refractivity contribution in [2.45, 2.75) is 31.6 Å². The molecular formula is C20H24F6N4O3. The molecule has 2 aliphatic rings. The Bertz CT molecular complexity index is 868. The largest absolute Gasteiger partial charge is 0.416 e. The van der Waals surface area contributed by atoms with Crippen molar-refractivity contribution in [3.8, 4) is 0 Å². The van der Waals surface area contributed by atoms with Crippen LogP contribution in [0.3, 0.4) is 0 Å². The zero-order chi connectivity index (χ0) is 24.4. The number of alkyl halides is 6. The molecule has 33 heavy (non-hydrogen) atoms. The molecule has 184 valence electrons. The van der Waals surface area contributed by atoms with Gasteiger partial charge < -0.3 is 9.80 Å². The van der Waals surface area contributed by atoms with Gasteiger partial charge in [0.2, 0.25) is 5.91 Å². The third-order valence-electron chi connectivity index (χ3n) is 5.99. The molecule has 1 aromatic rings. The van der Waals surface area contributed by atoms with E-state index in [1.165, 1.54) is 4.90 Å². The highest BCUT2D eigenvalue weighted by atomic mass is 19.4. The van der Waals surface area contributed by atoms with E-state index < -0.39 is 35.1 Å². The lowest BCUT2D eigenvalue weighted by atomic mass is 9.94. The minimum absolute atomic E-state index is 0.0662. The summed E-state index contributed by atoms with van der Waals surface area (Å²) in [4.78, 5) is 27.8. The van der Waals surface area contributed by atoms with E-state index in [2.05, 4.69) is 0 Å². The molecule has 0 unspecified atom stereocenters. The lowest BCUT2D eigenvalue weighted by Gasteiger charge is -2.35. The van der Waals surface area contributed by atoms with Crippen LogP contribution in [0, 0.1) is 16.0 Å². The summed E-state index contributed by atoms with van der Waals surface area (Å²) in [5.41, 5.74) is -1.69. The topological polar surface area (TPSA) is 69.9 Å². The number of hydrogen-bond acceptors (Lipinski definition) is 5. The monoisotopic (exact) mass is 482 g/mol. The first-order valence-electron chi connectivity index (χ1n) is 10.5. The van der Waals surface area contributed by atoms with E-state index in [-0.39, 0.29) is 50.2 Å². The highest BCUT2D eigenvalue weighted by Crippen LogP contribution is 2.38. The van der Waals surface area contributed by atoms with E-state index in [4.69, 9.17) is 0 Å². The third kappa shape index (κ3) is 6.49. The van der Waals surface area contributed by atoms with Crippen LogP contribution in [-0.2, 0) is 11.0 Å². The molecule has 2 fully saturated rings. The summed E-state index contributed by atoms with van der Waals surface area (Å²) in [6.45, 7) is 0.408. The molecular weight excluding hydrogens is 458 g/mol. The number of anilines is 1. The number of piperidine rings is 1. The highest BCUT2D eigenvalue weighted by Gasteiger charge is 2.36. The summed E-state index contributed by atoms with van der Waals surface area (Å²) in [5, 5.41) is 11.3. The van der Waals surface area contributed by atoms with E-state index in [0.717, 1.165) is 12.1 Å². The molecule has 1 amide bonds. The standard InChI is InChI=1S/C20H24F6N4O3/c21-19(22,23)13-27-6-1-7-29(11-10-27)18(31)14-4-8-28(9-5-14)16-3-2-15(20(24,25)26)12-17(16)30(32)33/h2-3,12,14H,1,4-11,13H2. The van der Waals surface area contributed by atoms with E-state index in [1.807, 2.05) is 0 Å². The number of carbonyl (C=O) groups is 1. The molecule has 13 heteroatoms. The number of nitro benzene ring substituents is 1. The maximum atomic E-state index is 12.9. The van der Waals surface area contributed by atoms with Gasteiger partial charge in [0.1, 0.15) is 5.69 Å². The van der Waals surface area contributed by atoms with Crippen molar-refractivity contribution in [3.05, 3.63) is 33.9 Å². The van der Waals surface area contributed by atoms with Gasteiger partial charge in [-0.2, -0.15) is 26.3 Å². The molecule has 0 saturated carbocycles. The van der Waals surface area contributed by atoms with Gasteiger partial charge in [0.05, 0.1) is 17.0 Å². The zero-order valence-corrected chi connectivity index (χ0v) is 17.7. The van der Waals surface area contributed by atoms with Gasteiger partial charge in [-0.15, -0.1) is 0 Å². The van der Waals surface area contributed by atoms with Crippen LogP contribution in [0.5, 0.6) is 0 Å². The van der Waals surface area contributed by atoms with Gasteiger partial charge in [-0.25, -0.2) is 0 Å². The summed E-state index contributed by atoms with van der Waals surface area (Å²) in [7, 11) is 0. The van der Waals surface area contributed by atoms with Crippen LogP contribution in [0.15, 0.2) is 18.2 Å². The second-order valence-corrected chi connectivity index (χ2v) is 8.29. The lowest BCUT2D eigenvalue weighted by Crippen LogP contribution is -2.44. The molecule has 0 radical (unpaired) electrons. The Morgan fingerprint density at radius 1 is 1.00 bits per heavy atom. The molecule has 1 aromatic carbocycles. The van der Waals surface area contributed by atoms with Crippen LogP contribution < -0.4 is 4.90 Å². The van der Waals surface area contributed by atoms with Gasteiger partial charge in [0.25, 0.3) is 5.69 Å². The molecule has 0 aromatic heterocycles. The highest BCUT2D eigenvalue weighted by molar-refractivity contribution is 5.79. The van der Waals surface area contributed by atoms with Gasteiger partial charge in [-0.1, -0.05) is 0 Å². The molecule has 0 N–H and O–H groups in total. The van der Waals surface area contributed by atoms with Gasteiger partial charge >= 0.3 is 12.4 Å². The Balaban J connectivity index is 1.61. The zero-order valence-electron chi connectivity index (χ0n) is 17.7. The molecule has 2 saturated heterocycles. The fraction of sp³-hybridized carbons (Fsp3) is 0.650. The first-order chi connectivity index (χ1) is 15.3. The van der Waals surface area contributed by atoms with Crippen LogP contribution in [0.4, 0.5) is 37.7 Å². The summed E-state index contributed by atoms with van der Waals surface area (Å²) < 4.78 is 76.6. The van der Waals surface area contributed by atoms with Crippen molar-refractivity contribution in [2.75, 3.05) is 50.7 Å². The lowest BCUT2D eigenvalue weighted by molar-refractivity contribution is -0.384. The smallest absolute Gasteiger partial charge is 0.366 e. The van der Waals surface area contributed by atoms with E-state index >= 15 is 0 Å². The number of rotatable bonds is 4. The quantitative estimate of drug-likeness (QED) is 0.370. The Labute approximate surface area is 186 Å². The number of nitro groups is 1. The molecule has 0 aliphatic carbocycles. The Hall–Kier alpha value is -2.57. The SMILES string of the molecule is O=C(C1CCN(c2ccc(C(F)(F)F)cc2[N+](=O)[O-])CC1)N1CCCN(CC(F)(F)F)CC1. The van der Waals surface area contributed by atoms with Crippen molar-refractivity contribution in [2.24, 2.45) is 5.92 Å². The number of benzene rings is 1. The number of hydrogen-bond donors (Lipinski definition) is 0. The van der Waals surface area contributed by atoms with Crippen LogP contribution in [0.2, 0.25) is 0 Å². The predicted molar refractivity (Wildman–Crippen MR) is 107 cm³/mol. The van der Waals surface area contributed by atoms with Crippen molar-refractivity contribution >= 4 is 17.3 Å². The first-order valence-corrected chi connectivity index (χ1v) is 10.5. The number of nitrogens with zero attached hydrogens (tertiary/aromatic N) is 4. The van der Waals surface area contributed by atoms with Gasteiger partial charge in [-0.05, 0) is 31.4 Å². The fourth-order valence-corrected chi connectivity index (χ4v) is 4.34. The number of halogens is 6. The average Bonchev–Trinajstić information content (AvgIpc) is 2.96. The minimum atomic E-state index is -4.70. The van der Waals surface area contributed by atoms with Crippen molar-refractivity contribution < 1.29 is 36.1 Å². The van der Waals surface area contributed by atoms with Crippen molar-refractivity contribution in [3.63, 3.8) is 0 Å². The number of carbonyl (C=O) groups excluding carboxylic acids is 1. The Kier molecular flexibility index (Phi) is 7.39. The number of amides is 1.